The second kappa shape index (κ2) is 9.34. The highest BCUT2D eigenvalue weighted by Gasteiger charge is 2.18. The van der Waals surface area contributed by atoms with E-state index in [1.807, 2.05) is 0 Å². The minimum absolute atomic E-state index is 0.174. The van der Waals surface area contributed by atoms with E-state index in [9.17, 15) is 4.79 Å². The second-order valence-electron chi connectivity index (χ2n) is 6.05. The summed E-state index contributed by atoms with van der Waals surface area (Å²) in [6.07, 6.45) is 3.36. The predicted molar refractivity (Wildman–Crippen MR) is 116 cm³/mol. The molecule has 10 heteroatoms. The van der Waals surface area contributed by atoms with Crippen LogP contribution in [0.25, 0.3) is 22.9 Å². The number of hydrogen-bond donors (Lipinski definition) is 1. The number of carbonyl (C=O) groups is 1. The molecule has 1 N–H and O–H groups in total. The molecule has 0 atom stereocenters. The number of anilines is 1. The standard InChI is InChI=1S/C20H14Cl2N4O3S/c21-12-9-13(22)11-14(10-12)23-17(27)5-8-30-20-24-18(15-3-1-6-28-15)19(25-26-20)16-4-2-7-29-16/h1-4,6-7,9-11H,5,8H2,(H,23,27). The summed E-state index contributed by atoms with van der Waals surface area (Å²) in [5.74, 6) is 1.37. The van der Waals surface area contributed by atoms with E-state index in [0.717, 1.165) is 0 Å². The number of furan rings is 2. The van der Waals surface area contributed by atoms with Gasteiger partial charge in [0.15, 0.2) is 17.2 Å². The van der Waals surface area contributed by atoms with E-state index in [0.29, 0.717) is 49.6 Å². The smallest absolute Gasteiger partial charge is 0.225 e. The van der Waals surface area contributed by atoms with Crippen LogP contribution in [0, 0.1) is 0 Å². The van der Waals surface area contributed by atoms with Crippen molar-refractivity contribution in [2.45, 2.75) is 11.6 Å². The number of thioether (sulfide) groups is 1. The van der Waals surface area contributed by atoms with Gasteiger partial charge in [-0.2, -0.15) is 0 Å². The van der Waals surface area contributed by atoms with Crippen LogP contribution in [0.1, 0.15) is 6.42 Å². The van der Waals surface area contributed by atoms with E-state index in [2.05, 4.69) is 20.5 Å². The lowest BCUT2D eigenvalue weighted by atomic mass is 10.2. The van der Waals surface area contributed by atoms with Gasteiger partial charge in [-0.1, -0.05) is 35.0 Å². The third kappa shape index (κ3) is 5.02. The van der Waals surface area contributed by atoms with E-state index in [-0.39, 0.29) is 12.3 Å². The lowest BCUT2D eigenvalue weighted by Crippen LogP contribution is -2.12. The molecule has 0 aliphatic carbocycles. The predicted octanol–water partition coefficient (Wildman–Crippen LogP) is 5.82. The van der Waals surface area contributed by atoms with Crippen molar-refractivity contribution in [1.29, 1.82) is 0 Å². The van der Waals surface area contributed by atoms with Crippen LogP contribution in [0.5, 0.6) is 0 Å². The molecule has 3 heterocycles. The van der Waals surface area contributed by atoms with Gasteiger partial charge in [-0.25, -0.2) is 4.98 Å². The highest BCUT2D eigenvalue weighted by Crippen LogP contribution is 2.30. The van der Waals surface area contributed by atoms with Crippen LogP contribution in [0.3, 0.4) is 0 Å². The van der Waals surface area contributed by atoms with Crippen molar-refractivity contribution in [3.8, 4) is 22.9 Å². The largest absolute Gasteiger partial charge is 0.463 e. The SMILES string of the molecule is O=C(CCSc1nnc(-c2ccco2)c(-c2ccco2)n1)Nc1cc(Cl)cc(Cl)c1. The molecule has 0 aliphatic rings. The van der Waals surface area contributed by atoms with Gasteiger partial charge in [-0.15, -0.1) is 10.2 Å². The van der Waals surface area contributed by atoms with Crippen molar-refractivity contribution in [2.75, 3.05) is 11.1 Å². The first-order chi connectivity index (χ1) is 14.6. The number of nitrogens with zero attached hydrogens (tertiary/aromatic N) is 3. The molecule has 7 nitrogen and oxygen atoms in total. The fourth-order valence-electron chi connectivity index (χ4n) is 2.62. The molecule has 152 valence electrons. The van der Waals surface area contributed by atoms with Crippen LogP contribution in [-0.4, -0.2) is 26.8 Å². The summed E-state index contributed by atoms with van der Waals surface area (Å²) in [6, 6.07) is 12.0. The van der Waals surface area contributed by atoms with Gasteiger partial charge in [-0.05, 0) is 42.5 Å². The van der Waals surface area contributed by atoms with Crippen LogP contribution in [0.15, 0.2) is 69.0 Å². The molecule has 0 saturated heterocycles. The van der Waals surface area contributed by atoms with E-state index in [1.54, 1.807) is 55.0 Å². The molecule has 3 aromatic heterocycles. The molecular formula is C20H14Cl2N4O3S. The van der Waals surface area contributed by atoms with Crippen molar-refractivity contribution in [3.63, 3.8) is 0 Å². The summed E-state index contributed by atoms with van der Waals surface area (Å²) in [6.45, 7) is 0. The van der Waals surface area contributed by atoms with E-state index >= 15 is 0 Å². The number of rotatable bonds is 7. The zero-order chi connectivity index (χ0) is 20.9. The maximum atomic E-state index is 12.2. The van der Waals surface area contributed by atoms with Gasteiger partial charge in [0, 0.05) is 27.9 Å². The summed E-state index contributed by atoms with van der Waals surface area (Å²) >= 11 is 13.2. The highest BCUT2D eigenvalue weighted by atomic mass is 35.5. The van der Waals surface area contributed by atoms with Crippen molar-refractivity contribution in [3.05, 3.63) is 65.0 Å². The molecule has 1 amide bonds. The highest BCUT2D eigenvalue weighted by molar-refractivity contribution is 7.99. The number of hydrogen-bond acceptors (Lipinski definition) is 7. The van der Waals surface area contributed by atoms with Crippen molar-refractivity contribution < 1.29 is 13.6 Å². The fraction of sp³-hybridized carbons (Fsp3) is 0.100. The Hall–Kier alpha value is -2.81. The van der Waals surface area contributed by atoms with E-state index in [4.69, 9.17) is 32.0 Å². The number of aromatic nitrogens is 3. The molecule has 0 unspecified atom stereocenters. The molecule has 0 spiro atoms. The van der Waals surface area contributed by atoms with Gasteiger partial charge >= 0.3 is 0 Å². The van der Waals surface area contributed by atoms with Crippen LogP contribution in [-0.2, 0) is 4.79 Å². The molecule has 0 aliphatic heterocycles. The average Bonchev–Trinajstić information content (AvgIpc) is 3.41. The Kier molecular flexibility index (Phi) is 6.37. The summed E-state index contributed by atoms with van der Waals surface area (Å²) in [5.41, 5.74) is 1.55. The number of halogens is 2. The summed E-state index contributed by atoms with van der Waals surface area (Å²) < 4.78 is 10.9. The zero-order valence-corrected chi connectivity index (χ0v) is 17.7. The van der Waals surface area contributed by atoms with Gasteiger partial charge in [0.1, 0.15) is 5.69 Å². The summed E-state index contributed by atoms with van der Waals surface area (Å²) in [4.78, 5) is 16.7. The molecule has 0 radical (unpaired) electrons. The van der Waals surface area contributed by atoms with Crippen LogP contribution in [0.4, 0.5) is 5.69 Å². The number of nitrogens with one attached hydrogen (secondary N) is 1. The van der Waals surface area contributed by atoms with E-state index in [1.165, 1.54) is 11.8 Å². The molecular weight excluding hydrogens is 447 g/mol. The topological polar surface area (TPSA) is 94.0 Å². The van der Waals surface area contributed by atoms with Crippen molar-refractivity contribution in [2.24, 2.45) is 0 Å². The summed E-state index contributed by atoms with van der Waals surface area (Å²) in [5, 5.41) is 12.5. The van der Waals surface area contributed by atoms with Gasteiger partial charge in [0.2, 0.25) is 11.1 Å². The van der Waals surface area contributed by atoms with Gasteiger partial charge in [0.25, 0.3) is 0 Å². The van der Waals surface area contributed by atoms with Gasteiger partial charge < -0.3 is 14.2 Å². The average molecular weight is 461 g/mol. The normalized spacial score (nSPS) is 10.9. The maximum Gasteiger partial charge on any atom is 0.225 e. The lowest BCUT2D eigenvalue weighted by molar-refractivity contribution is -0.115. The molecule has 1 aromatic carbocycles. The number of amides is 1. The number of benzene rings is 1. The molecule has 0 saturated carbocycles. The summed E-state index contributed by atoms with van der Waals surface area (Å²) in [7, 11) is 0. The van der Waals surface area contributed by atoms with Crippen LogP contribution in [0.2, 0.25) is 10.0 Å². The Morgan fingerprint density at radius 1 is 0.967 bits per heavy atom. The Labute approximate surface area is 185 Å². The first kappa shape index (κ1) is 20.5. The Morgan fingerprint density at radius 2 is 1.63 bits per heavy atom. The quantitative estimate of drug-likeness (QED) is 0.347. The lowest BCUT2D eigenvalue weighted by Gasteiger charge is -2.07. The maximum absolute atomic E-state index is 12.2. The molecule has 30 heavy (non-hydrogen) atoms. The van der Waals surface area contributed by atoms with E-state index < -0.39 is 0 Å². The van der Waals surface area contributed by atoms with Crippen LogP contribution < -0.4 is 5.32 Å². The second-order valence-corrected chi connectivity index (χ2v) is 7.99. The van der Waals surface area contributed by atoms with Crippen molar-refractivity contribution in [1.82, 2.24) is 15.2 Å². The van der Waals surface area contributed by atoms with Crippen LogP contribution >= 0.6 is 35.0 Å². The monoisotopic (exact) mass is 460 g/mol. The van der Waals surface area contributed by atoms with Gasteiger partial charge in [0.05, 0.1) is 12.5 Å². The zero-order valence-electron chi connectivity index (χ0n) is 15.3. The van der Waals surface area contributed by atoms with Gasteiger partial charge in [-0.3, -0.25) is 4.79 Å². The Balaban J connectivity index is 1.42. The molecule has 4 rings (SSSR count). The fourth-order valence-corrected chi connectivity index (χ4v) is 3.87. The Morgan fingerprint density at radius 3 is 2.27 bits per heavy atom. The van der Waals surface area contributed by atoms with Crippen molar-refractivity contribution >= 4 is 46.6 Å². The molecule has 0 fully saturated rings. The first-order valence-corrected chi connectivity index (χ1v) is 10.5. The minimum atomic E-state index is -0.174. The molecule has 4 aromatic rings. The Bertz CT molecular complexity index is 1130. The number of carbonyl (C=O) groups excluding carboxylic acids is 1. The molecule has 0 bridgehead atoms. The minimum Gasteiger partial charge on any atom is -0.463 e. The first-order valence-electron chi connectivity index (χ1n) is 8.80. The third-order valence-electron chi connectivity index (χ3n) is 3.88. The third-order valence-corrected chi connectivity index (χ3v) is 5.16.